The van der Waals surface area contributed by atoms with Gasteiger partial charge in [-0.05, 0) is 19.1 Å². The maximum atomic E-state index is 12.5. The van der Waals surface area contributed by atoms with Gasteiger partial charge in [0, 0.05) is 19.0 Å². The summed E-state index contributed by atoms with van der Waals surface area (Å²) in [4.78, 5) is 0.257. The van der Waals surface area contributed by atoms with Crippen LogP contribution in [-0.4, -0.2) is 37.0 Å². The predicted octanol–water partition coefficient (Wildman–Crippen LogP) is 1.55. The van der Waals surface area contributed by atoms with Crippen LogP contribution in [0.4, 0.5) is 0 Å². The van der Waals surface area contributed by atoms with E-state index >= 15 is 0 Å². The monoisotopic (exact) mass is 281 g/mol. The molecule has 0 saturated carbocycles. The van der Waals surface area contributed by atoms with Crippen molar-refractivity contribution < 1.29 is 13.5 Å². The van der Waals surface area contributed by atoms with Crippen LogP contribution in [0.1, 0.15) is 12.5 Å². The van der Waals surface area contributed by atoms with E-state index in [0.717, 1.165) is 11.1 Å². The molecule has 2 rings (SSSR count). The molecule has 1 aliphatic rings. The number of piperidine rings is 1. The van der Waals surface area contributed by atoms with E-state index in [1.807, 2.05) is 13.8 Å². The fraction of sp³-hybridized carbons (Fsp3) is 0.429. The molecular weight excluding hydrogens is 262 g/mol. The lowest BCUT2D eigenvalue weighted by Gasteiger charge is -2.35. The number of hydrogen-bond acceptors (Lipinski definition) is 3. The average molecular weight is 281 g/mol. The maximum absolute atomic E-state index is 12.5. The van der Waals surface area contributed by atoms with Crippen LogP contribution in [0, 0.1) is 12.8 Å². The third-order valence-corrected chi connectivity index (χ3v) is 5.48. The van der Waals surface area contributed by atoms with Gasteiger partial charge in [0.05, 0.1) is 11.0 Å². The first-order valence-electron chi connectivity index (χ1n) is 6.25. The maximum Gasteiger partial charge on any atom is 0.243 e. The number of hydrogen-bond donors (Lipinski definition) is 1. The van der Waals surface area contributed by atoms with Crippen molar-refractivity contribution in [1.82, 2.24) is 4.31 Å². The normalized spacial score (nSPS) is 25.5. The summed E-state index contributed by atoms with van der Waals surface area (Å²) < 4.78 is 26.2. The van der Waals surface area contributed by atoms with Gasteiger partial charge in [-0.15, -0.1) is 0 Å². The summed E-state index contributed by atoms with van der Waals surface area (Å²) in [7, 11) is -3.56. The van der Waals surface area contributed by atoms with Crippen molar-refractivity contribution in [2.24, 2.45) is 5.92 Å². The van der Waals surface area contributed by atoms with Gasteiger partial charge in [-0.25, -0.2) is 8.42 Å². The van der Waals surface area contributed by atoms with Crippen molar-refractivity contribution in [3.05, 3.63) is 42.0 Å². The van der Waals surface area contributed by atoms with Gasteiger partial charge in [-0.2, -0.15) is 4.31 Å². The molecule has 0 amide bonds. The Bertz CT molecular complexity index is 577. The average Bonchev–Trinajstić information content (AvgIpc) is 2.35. The Kier molecular flexibility index (Phi) is 3.80. The second kappa shape index (κ2) is 5.07. The second-order valence-corrected chi connectivity index (χ2v) is 7.06. The molecule has 5 heteroatoms. The molecule has 104 valence electrons. The third-order valence-electron chi connectivity index (χ3n) is 3.65. The molecule has 0 spiro atoms. The largest absolute Gasteiger partial charge is 0.391 e. The number of nitrogens with zero attached hydrogens (tertiary/aromatic N) is 1. The van der Waals surface area contributed by atoms with Gasteiger partial charge in [-0.3, -0.25) is 0 Å². The van der Waals surface area contributed by atoms with E-state index in [4.69, 9.17) is 0 Å². The molecule has 1 aromatic carbocycles. The number of aliphatic hydroxyl groups is 1. The Hall–Kier alpha value is -1.17. The highest BCUT2D eigenvalue weighted by atomic mass is 32.2. The number of sulfonamides is 1. The van der Waals surface area contributed by atoms with Crippen LogP contribution >= 0.6 is 0 Å². The molecule has 4 nitrogen and oxygen atoms in total. The molecule has 2 atom stereocenters. The van der Waals surface area contributed by atoms with Gasteiger partial charge in [0.15, 0.2) is 0 Å². The van der Waals surface area contributed by atoms with E-state index < -0.39 is 16.1 Å². The summed E-state index contributed by atoms with van der Waals surface area (Å²) in [5.74, 6) is -0.0653. The molecule has 1 fully saturated rings. The van der Waals surface area contributed by atoms with E-state index in [1.165, 1.54) is 4.31 Å². The predicted molar refractivity (Wildman–Crippen MR) is 74.2 cm³/mol. The zero-order valence-electron chi connectivity index (χ0n) is 11.2. The summed E-state index contributed by atoms with van der Waals surface area (Å²) in [6.45, 7) is 8.02. The first-order chi connectivity index (χ1) is 8.82. The molecule has 0 radical (unpaired) electrons. The van der Waals surface area contributed by atoms with Crippen molar-refractivity contribution in [1.29, 1.82) is 0 Å². The third kappa shape index (κ3) is 2.73. The molecule has 0 bridgehead atoms. The SMILES string of the molecule is C=C1CN(S(=O)(=O)c2ccc(C)cc2)C[C@H](O)[C@@H]1C. The van der Waals surface area contributed by atoms with Gasteiger partial charge in [0.2, 0.25) is 10.0 Å². The van der Waals surface area contributed by atoms with Crippen molar-refractivity contribution >= 4 is 10.0 Å². The lowest BCUT2D eigenvalue weighted by Crippen LogP contribution is -2.46. The van der Waals surface area contributed by atoms with Gasteiger partial charge >= 0.3 is 0 Å². The fourth-order valence-electron chi connectivity index (χ4n) is 2.12. The number of aliphatic hydroxyl groups excluding tert-OH is 1. The Labute approximate surface area is 114 Å². The Morgan fingerprint density at radius 3 is 2.42 bits per heavy atom. The van der Waals surface area contributed by atoms with Crippen LogP contribution in [0.15, 0.2) is 41.3 Å². The Morgan fingerprint density at radius 2 is 1.89 bits per heavy atom. The van der Waals surface area contributed by atoms with Crippen molar-refractivity contribution in [3.63, 3.8) is 0 Å². The minimum atomic E-state index is -3.56. The molecular formula is C14H19NO3S. The minimum absolute atomic E-state index is 0.0653. The van der Waals surface area contributed by atoms with E-state index in [2.05, 4.69) is 6.58 Å². The van der Waals surface area contributed by atoms with Gasteiger partial charge in [0.1, 0.15) is 0 Å². The molecule has 19 heavy (non-hydrogen) atoms. The van der Waals surface area contributed by atoms with Crippen LogP contribution in [0.3, 0.4) is 0 Å². The van der Waals surface area contributed by atoms with E-state index in [-0.39, 0.29) is 23.9 Å². The first-order valence-corrected chi connectivity index (χ1v) is 7.69. The van der Waals surface area contributed by atoms with Gasteiger partial charge in [0.25, 0.3) is 0 Å². The summed E-state index contributed by atoms with van der Waals surface area (Å²) >= 11 is 0. The molecule has 1 aromatic rings. The van der Waals surface area contributed by atoms with Crippen LogP contribution in [0.2, 0.25) is 0 Å². The number of β-amino-alcohol motifs (C(OH)–C–C–N with tert-alkyl or cyclic N) is 1. The first kappa shape index (κ1) is 14.2. The Balaban J connectivity index is 2.30. The molecule has 0 aromatic heterocycles. The van der Waals surface area contributed by atoms with Crippen LogP contribution < -0.4 is 0 Å². The molecule has 1 N–H and O–H groups in total. The summed E-state index contributed by atoms with van der Waals surface area (Å²) in [5.41, 5.74) is 1.75. The van der Waals surface area contributed by atoms with Crippen molar-refractivity contribution in [2.45, 2.75) is 24.8 Å². The van der Waals surface area contributed by atoms with E-state index in [1.54, 1.807) is 24.3 Å². The zero-order valence-corrected chi connectivity index (χ0v) is 12.0. The van der Waals surface area contributed by atoms with Crippen molar-refractivity contribution in [3.8, 4) is 0 Å². The van der Waals surface area contributed by atoms with Crippen LogP contribution in [0.5, 0.6) is 0 Å². The van der Waals surface area contributed by atoms with E-state index in [9.17, 15) is 13.5 Å². The number of benzene rings is 1. The highest BCUT2D eigenvalue weighted by Crippen LogP contribution is 2.26. The topological polar surface area (TPSA) is 57.6 Å². The summed E-state index contributed by atoms with van der Waals surface area (Å²) in [5, 5.41) is 9.91. The van der Waals surface area contributed by atoms with Crippen molar-refractivity contribution in [2.75, 3.05) is 13.1 Å². The molecule has 1 aliphatic heterocycles. The van der Waals surface area contributed by atoms with Crippen LogP contribution in [-0.2, 0) is 10.0 Å². The minimum Gasteiger partial charge on any atom is -0.391 e. The molecule has 1 heterocycles. The molecule has 1 saturated heterocycles. The highest BCUT2D eigenvalue weighted by Gasteiger charge is 2.34. The smallest absolute Gasteiger partial charge is 0.243 e. The quantitative estimate of drug-likeness (QED) is 0.837. The lowest BCUT2D eigenvalue weighted by atomic mass is 9.93. The molecule has 0 unspecified atom stereocenters. The fourth-order valence-corrected chi connectivity index (χ4v) is 3.58. The number of rotatable bonds is 2. The lowest BCUT2D eigenvalue weighted by molar-refractivity contribution is 0.0894. The highest BCUT2D eigenvalue weighted by molar-refractivity contribution is 7.89. The Morgan fingerprint density at radius 1 is 1.32 bits per heavy atom. The molecule has 0 aliphatic carbocycles. The summed E-state index contributed by atoms with van der Waals surface area (Å²) in [6, 6.07) is 6.73. The standard InChI is InChI=1S/C14H19NO3S/c1-10-4-6-13(7-5-10)19(17,18)15-8-11(2)12(3)14(16)9-15/h4-7,12,14,16H,2,8-9H2,1,3H3/t12-,14+/m1/s1. The van der Waals surface area contributed by atoms with E-state index in [0.29, 0.717) is 0 Å². The van der Waals surface area contributed by atoms with Gasteiger partial charge in [-0.1, -0.05) is 36.8 Å². The van der Waals surface area contributed by atoms with Crippen LogP contribution in [0.25, 0.3) is 0 Å². The van der Waals surface area contributed by atoms with Gasteiger partial charge < -0.3 is 5.11 Å². The summed E-state index contributed by atoms with van der Waals surface area (Å²) in [6.07, 6.45) is -0.693. The second-order valence-electron chi connectivity index (χ2n) is 5.12. The zero-order chi connectivity index (χ0) is 14.2. The number of aryl methyl sites for hydroxylation is 1.